The number of carbonyl (C=O) groups is 2. The Kier molecular flexibility index (Phi) is 4.81. The van der Waals surface area contributed by atoms with Gasteiger partial charge in [-0.05, 0) is 76.4 Å². The van der Waals surface area contributed by atoms with Gasteiger partial charge in [0.2, 0.25) is 0 Å². The summed E-state index contributed by atoms with van der Waals surface area (Å²) in [6.45, 7) is 8.04. The Morgan fingerprint density at radius 2 is 1.96 bits per heavy atom. The van der Waals surface area contributed by atoms with Crippen LogP contribution in [0.25, 0.3) is 0 Å². The molecule has 0 N–H and O–H groups in total. The zero-order chi connectivity index (χ0) is 18.9. The summed E-state index contributed by atoms with van der Waals surface area (Å²) in [5.41, 5.74) is 3.16. The van der Waals surface area contributed by atoms with Crippen LogP contribution in [0.2, 0.25) is 0 Å². The lowest BCUT2D eigenvalue weighted by Crippen LogP contribution is -2.36. The molecule has 1 aromatic carbocycles. The van der Waals surface area contributed by atoms with Crippen molar-refractivity contribution < 1.29 is 14.3 Å². The Labute approximate surface area is 154 Å². The van der Waals surface area contributed by atoms with E-state index in [9.17, 15) is 9.59 Å². The van der Waals surface area contributed by atoms with Gasteiger partial charge in [0.15, 0.2) is 0 Å². The molecule has 0 aliphatic carbocycles. The molecule has 0 atom stereocenters. The third-order valence-corrected chi connectivity index (χ3v) is 4.32. The molecular weight excluding hydrogens is 328 g/mol. The van der Waals surface area contributed by atoms with Crippen molar-refractivity contribution in [3.05, 3.63) is 58.9 Å². The van der Waals surface area contributed by atoms with Crippen LogP contribution in [0.5, 0.6) is 0 Å². The van der Waals surface area contributed by atoms with Gasteiger partial charge in [0.1, 0.15) is 5.60 Å². The van der Waals surface area contributed by atoms with Crippen molar-refractivity contribution in [3.8, 4) is 0 Å². The van der Waals surface area contributed by atoms with E-state index in [4.69, 9.17) is 4.74 Å². The lowest BCUT2D eigenvalue weighted by molar-refractivity contribution is 0.00693. The van der Waals surface area contributed by atoms with E-state index in [1.54, 1.807) is 29.3 Å². The van der Waals surface area contributed by atoms with Crippen LogP contribution in [0.15, 0.2) is 36.5 Å². The van der Waals surface area contributed by atoms with E-state index in [-0.39, 0.29) is 11.9 Å². The van der Waals surface area contributed by atoms with E-state index in [2.05, 4.69) is 4.98 Å². The average molecular weight is 352 g/mol. The topological polar surface area (TPSA) is 59.5 Å². The van der Waals surface area contributed by atoms with Gasteiger partial charge in [0.05, 0.1) is 11.1 Å². The zero-order valence-corrected chi connectivity index (χ0v) is 15.7. The number of ether oxygens (including phenoxy) is 1. The van der Waals surface area contributed by atoms with E-state index >= 15 is 0 Å². The number of hydrogen-bond donors (Lipinski definition) is 0. The van der Waals surface area contributed by atoms with Crippen molar-refractivity contribution >= 4 is 17.6 Å². The van der Waals surface area contributed by atoms with Gasteiger partial charge < -0.3 is 9.64 Å². The van der Waals surface area contributed by atoms with Crippen molar-refractivity contribution in [1.82, 2.24) is 4.98 Å². The van der Waals surface area contributed by atoms with Crippen LogP contribution in [0.4, 0.5) is 5.69 Å². The molecule has 2 heterocycles. The summed E-state index contributed by atoms with van der Waals surface area (Å²) < 4.78 is 5.45. The number of carbonyl (C=O) groups excluding carboxylic acids is 2. The van der Waals surface area contributed by atoms with Gasteiger partial charge in [-0.1, -0.05) is 0 Å². The fourth-order valence-electron chi connectivity index (χ4n) is 3.13. The number of hydrogen-bond acceptors (Lipinski definition) is 4. The highest BCUT2D eigenvalue weighted by Gasteiger charge is 2.26. The van der Waals surface area contributed by atoms with Crippen LogP contribution in [0.1, 0.15) is 59.2 Å². The first-order valence-electron chi connectivity index (χ1n) is 8.86. The Hall–Kier alpha value is -2.69. The molecule has 5 nitrogen and oxygen atoms in total. The molecular formula is C21H24N2O3. The fraction of sp³-hybridized carbons (Fsp3) is 0.381. The van der Waals surface area contributed by atoms with E-state index < -0.39 is 5.60 Å². The first-order valence-corrected chi connectivity index (χ1v) is 8.86. The summed E-state index contributed by atoms with van der Waals surface area (Å²) in [7, 11) is 0. The SMILES string of the molecule is Cc1ncccc1C(=O)N1CCCc2cc(C(=O)OC(C)(C)C)ccc21. The van der Waals surface area contributed by atoms with E-state index in [0.717, 1.165) is 29.8 Å². The quantitative estimate of drug-likeness (QED) is 0.768. The normalized spacial score (nSPS) is 13.9. The molecule has 1 aromatic heterocycles. The second-order valence-corrected chi connectivity index (χ2v) is 7.54. The van der Waals surface area contributed by atoms with E-state index in [0.29, 0.717) is 17.7 Å². The number of amides is 1. The Balaban J connectivity index is 1.90. The molecule has 136 valence electrons. The highest BCUT2D eigenvalue weighted by molar-refractivity contribution is 6.07. The number of nitrogens with zero attached hydrogens (tertiary/aromatic N) is 2. The van der Waals surface area contributed by atoms with Gasteiger partial charge in [0.25, 0.3) is 5.91 Å². The minimum absolute atomic E-state index is 0.0541. The number of benzene rings is 1. The largest absolute Gasteiger partial charge is 0.456 e. The highest BCUT2D eigenvalue weighted by Crippen LogP contribution is 2.30. The molecule has 2 aromatic rings. The van der Waals surface area contributed by atoms with Crippen molar-refractivity contribution in [2.45, 2.75) is 46.1 Å². The third-order valence-electron chi connectivity index (χ3n) is 4.32. The summed E-state index contributed by atoms with van der Waals surface area (Å²) in [6, 6.07) is 9.00. The van der Waals surface area contributed by atoms with Gasteiger partial charge >= 0.3 is 5.97 Å². The Bertz CT molecular complexity index is 853. The van der Waals surface area contributed by atoms with Crippen LogP contribution < -0.4 is 4.90 Å². The van der Waals surface area contributed by atoms with Crippen LogP contribution in [-0.2, 0) is 11.2 Å². The monoisotopic (exact) mass is 352 g/mol. The average Bonchev–Trinajstić information content (AvgIpc) is 2.59. The summed E-state index contributed by atoms with van der Waals surface area (Å²) in [5.74, 6) is -0.395. The molecule has 0 radical (unpaired) electrons. The van der Waals surface area contributed by atoms with E-state index in [1.165, 1.54) is 0 Å². The lowest BCUT2D eigenvalue weighted by Gasteiger charge is -2.30. The number of aryl methyl sites for hydroxylation is 2. The zero-order valence-electron chi connectivity index (χ0n) is 15.7. The van der Waals surface area contributed by atoms with Crippen molar-refractivity contribution in [2.75, 3.05) is 11.4 Å². The molecule has 0 spiro atoms. The number of esters is 1. The smallest absolute Gasteiger partial charge is 0.338 e. The number of anilines is 1. The molecule has 5 heteroatoms. The van der Waals surface area contributed by atoms with Gasteiger partial charge in [-0.25, -0.2) is 4.79 Å². The Morgan fingerprint density at radius 3 is 2.65 bits per heavy atom. The minimum atomic E-state index is -0.535. The molecule has 1 aliphatic rings. The van der Waals surface area contributed by atoms with Gasteiger partial charge in [-0.3, -0.25) is 9.78 Å². The summed E-state index contributed by atoms with van der Waals surface area (Å²) in [4.78, 5) is 31.3. The molecule has 0 fully saturated rings. The lowest BCUT2D eigenvalue weighted by atomic mass is 9.98. The summed E-state index contributed by atoms with van der Waals surface area (Å²) in [6.07, 6.45) is 3.38. The summed E-state index contributed by atoms with van der Waals surface area (Å²) in [5, 5.41) is 0. The van der Waals surface area contributed by atoms with E-state index in [1.807, 2.05) is 39.8 Å². The predicted molar refractivity (Wildman–Crippen MR) is 101 cm³/mol. The predicted octanol–water partition coefficient (Wildman–Crippen LogP) is 3.94. The first-order chi connectivity index (χ1) is 12.3. The molecule has 0 saturated carbocycles. The maximum atomic E-state index is 13.0. The van der Waals surface area contributed by atoms with Crippen molar-refractivity contribution in [2.24, 2.45) is 0 Å². The maximum absolute atomic E-state index is 13.0. The fourth-order valence-corrected chi connectivity index (χ4v) is 3.13. The molecule has 0 bridgehead atoms. The second kappa shape index (κ2) is 6.90. The van der Waals surface area contributed by atoms with Gasteiger partial charge in [0, 0.05) is 24.1 Å². The number of pyridine rings is 1. The highest BCUT2D eigenvalue weighted by atomic mass is 16.6. The van der Waals surface area contributed by atoms with Gasteiger partial charge in [-0.15, -0.1) is 0 Å². The molecule has 3 rings (SSSR count). The molecule has 0 unspecified atom stereocenters. The second-order valence-electron chi connectivity index (χ2n) is 7.54. The standard InChI is InChI=1S/C21H24N2O3/c1-14-17(8-5-11-22-14)19(24)23-12-6-7-15-13-16(9-10-18(15)23)20(25)26-21(2,3)4/h5,8-11,13H,6-7,12H2,1-4H3. The Morgan fingerprint density at radius 1 is 1.19 bits per heavy atom. The van der Waals surface area contributed by atoms with Crippen molar-refractivity contribution in [1.29, 1.82) is 0 Å². The van der Waals surface area contributed by atoms with Crippen LogP contribution in [0, 0.1) is 6.92 Å². The summed E-state index contributed by atoms with van der Waals surface area (Å²) >= 11 is 0. The third kappa shape index (κ3) is 3.77. The molecule has 1 aliphatic heterocycles. The van der Waals surface area contributed by atoms with Gasteiger partial charge in [-0.2, -0.15) is 0 Å². The van der Waals surface area contributed by atoms with Crippen molar-refractivity contribution in [3.63, 3.8) is 0 Å². The number of fused-ring (bicyclic) bond motifs is 1. The number of aromatic nitrogens is 1. The molecule has 0 saturated heterocycles. The maximum Gasteiger partial charge on any atom is 0.338 e. The first kappa shape index (κ1) is 18.1. The molecule has 1 amide bonds. The minimum Gasteiger partial charge on any atom is -0.456 e. The molecule has 26 heavy (non-hydrogen) atoms. The van der Waals surface area contributed by atoms with Crippen LogP contribution >= 0.6 is 0 Å². The van der Waals surface area contributed by atoms with Crippen LogP contribution in [0.3, 0.4) is 0 Å². The number of rotatable bonds is 2. The van der Waals surface area contributed by atoms with Crippen LogP contribution in [-0.4, -0.2) is 29.0 Å².